The van der Waals surface area contributed by atoms with Gasteiger partial charge in [0.2, 0.25) is 0 Å². The molecule has 4 aliphatic carbocycles. The van der Waals surface area contributed by atoms with E-state index in [1.165, 1.54) is 51.4 Å². The molecular weight excluding hydrogens is 240 g/mol. The molecule has 0 aromatic rings. The van der Waals surface area contributed by atoms with Gasteiger partial charge in [-0.1, -0.05) is 38.8 Å². The fourth-order valence-corrected chi connectivity index (χ4v) is 7.53. The molecule has 0 aromatic carbocycles. The second-order valence-corrected chi connectivity index (χ2v) is 9.59. The van der Waals surface area contributed by atoms with Crippen molar-refractivity contribution in [2.45, 2.75) is 79.1 Å². The first-order valence-corrected chi connectivity index (χ1v) is 9.07. The third-order valence-corrected chi connectivity index (χ3v) is 8.25. The predicted molar refractivity (Wildman–Crippen MR) is 85.5 cm³/mol. The van der Waals surface area contributed by atoms with Crippen LogP contribution in [-0.4, -0.2) is 0 Å². The van der Waals surface area contributed by atoms with E-state index in [4.69, 9.17) is 0 Å². The monoisotopic (exact) mass is 272 g/mol. The first-order valence-electron chi connectivity index (χ1n) is 9.07. The maximum atomic E-state index is 2.76. The highest BCUT2D eigenvalue weighted by atomic mass is 14.7. The van der Waals surface area contributed by atoms with Gasteiger partial charge in [-0.25, -0.2) is 0 Å². The third-order valence-electron chi connectivity index (χ3n) is 8.25. The van der Waals surface area contributed by atoms with E-state index in [0.29, 0.717) is 16.2 Å². The quantitative estimate of drug-likeness (QED) is 0.476. The first-order chi connectivity index (χ1) is 9.37. The standard InChI is InChI=1S/C20H32/c1-14-12-20-11-8-16-18(2,3)9-5-10-19(16,4)17(20)7-6-15(14)13-20/h12,15-17H,5-11,13H2,1-4H3/t15?,16-,17+,19-,20?/m0/s1. The van der Waals surface area contributed by atoms with E-state index < -0.39 is 0 Å². The van der Waals surface area contributed by atoms with Crippen molar-refractivity contribution in [3.8, 4) is 0 Å². The molecular formula is C20H32. The summed E-state index contributed by atoms with van der Waals surface area (Å²) in [4.78, 5) is 0. The Bertz CT molecular complexity index is 457. The molecule has 0 amide bonds. The maximum Gasteiger partial charge on any atom is -0.00762 e. The first kappa shape index (κ1) is 13.4. The molecule has 2 bridgehead atoms. The summed E-state index contributed by atoms with van der Waals surface area (Å²) in [6.45, 7) is 10.2. The number of allylic oxidation sites excluding steroid dienone is 2. The second kappa shape index (κ2) is 3.93. The SMILES string of the molecule is CC1=CC23CC[C@H]4C(C)(C)CCC[C@]4(C)[C@H]2CCC1C3. The van der Waals surface area contributed by atoms with Crippen LogP contribution < -0.4 is 0 Å². The highest BCUT2D eigenvalue weighted by Gasteiger charge is 2.61. The van der Waals surface area contributed by atoms with E-state index in [1.807, 2.05) is 0 Å². The molecule has 1 spiro atoms. The van der Waals surface area contributed by atoms with Gasteiger partial charge < -0.3 is 0 Å². The summed E-state index contributed by atoms with van der Waals surface area (Å²) in [5.41, 5.74) is 3.57. The molecule has 5 atom stereocenters. The van der Waals surface area contributed by atoms with Gasteiger partial charge in [0.1, 0.15) is 0 Å². The van der Waals surface area contributed by atoms with Crippen LogP contribution in [0.1, 0.15) is 79.1 Å². The summed E-state index contributed by atoms with van der Waals surface area (Å²) in [6, 6.07) is 0. The van der Waals surface area contributed by atoms with Gasteiger partial charge in [0.05, 0.1) is 0 Å². The van der Waals surface area contributed by atoms with Crippen LogP contribution in [-0.2, 0) is 0 Å². The summed E-state index contributed by atoms with van der Waals surface area (Å²) < 4.78 is 0. The second-order valence-electron chi connectivity index (χ2n) is 9.59. The van der Waals surface area contributed by atoms with Gasteiger partial charge in [-0.2, -0.15) is 0 Å². The van der Waals surface area contributed by atoms with Crippen molar-refractivity contribution in [3.05, 3.63) is 11.6 Å². The van der Waals surface area contributed by atoms with Gasteiger partial charge in [0, 0.05) is 0 Å². The molecule has 3 saturated carbocycles. The molecule has 0 aromatic heterocycles. The normalized spacial score (nSPS) is 53.0. The Balaban J connectivity index is 1.76. The predicted octanol–water partition coefficient (Wildman–Crippen LogP) is 5.98. The van der Waals surface area contributed by atoms with Gasteiger partial charge in [0.25, 0.3) is 0 Å². The minimum absolute atomic E-state index is 0.586. The lowest BCUT2D eigenvalue weighted by molar-refractivity contribution is -0.133. The van der Waals surface area contributed by atoms with Crippen LogP contribution in [0.2, 0.25) is 0 Å². The molecule has 0 radical (unpaired) electrons. The summed E-state index contributed by atoms with van der Waals surface area (Å²) in [5.74, 6) is 2.91. The van der Waals surface area contributed by atoms with Crippen LogP contribution >= 0.6 is 0 Å². The third kappa shape index (κ3) is 1.54. The Morgan fingerprint density at radius 2 is 1.75 bits per heavy atom. The van der Waals surface area contributed by atoms with Gasteiger partial charge in [-0.05, 0) is 85.9 Å². The number of hydrogen-bond donors (Lipinski definition) is 0. The molecule has 112 valence electrons. The summed E-state index contributed by atoms with van der Waals surface area (Å²) in [6.07, 6.45) is 14.7. The smallest absolute Gasteiger partial charge is 0.00762 e. The lowest BCUT2D eigenvalue weighted by Crippen LogP contribution is -2.55. The highest BCUT2D eigenvalue weighted by Crippen LogP contribution is 2.70. The van der Waals surface area contributed by atoms with Gasteiger partial charge in [-0.3, -0.25) is 0 Å². The van der Waals surface area contributed by atoms with Crippen molar-refractivity contribution in [1.82, 2.24) is 0 Å². The van der Waals surface area contributed by atoms with E-state index in [2.05, 4.69) is 33.8 Å². The molecule has 0 heteroatoms. The summed E-state index contributed by atoms with van der Waals surface area (Å²) in [7, 11) is 0. The molecule has 3 fully saturated rings. The van der Waals surface area contributed by atoms with E-state index in [9.17, 15) is 0 Å². The lowest BCUT2D eigenvalue weighted by Gasteiger charge is -2.63. The van der Waals surface area contributed by atoms with Crippen molar-refractivity contribution >= 4 is 0 Å². The molecule has 0 aliphatic heterocycles. The highest BCUT2D eigenvalue weighted by molar-refractivity contribution is 5.26. The van der Waals surface area contributed by atoms with Crippen molar-refractivity contribution in [1.29, 1.82) is 0 Å². The Kier molecular flexibility index (Phi) is 2.63. The van der Waals surface area contributed by atoms with Gasteiger partial charge in [0.15, 0.2) is 0 Å². The Hall–Kier alpha value is -0.260. The Morgan fingerprint density at radius 1 is 0.950 bits per heavy atom. The van der Waals surface area contributed by atoms with Crippen LogP contribution in [0.25, 0.3) is 0 Å². The van der Waals surface area contributed by atoms with E-state index in [-0.39, 0.29) is 0 Å². The van der Waals surface area contributed by atoms with Crippen molar-refractivity contribution in [2.24, 2.45) is 34.0 Å². The maximum absolute atomic E-state index is 2.76. The fraction of sp³-hybridized carbons (Fsp3) is 0.900. The largest absolute Gasteiger partial charge is 0.0788 e. The molecule has 4 aliphatic rings. The molecule has 0 nitrogen and oxygen atoms in total. The van der Waals surface area contributed by atoms with E-state index in [0.717, 1.165) is 17.8 Å². The summed E-state index contributed by atoms with van der Waals surface area (Å²) >= 11 is 0. The summed E-state index contributed by atoms with van der Waals surface area (Å²) in [5, 5.41) is 0. The minimum atomic E-state index is 0.586. The molecule has 20 heavy (non-hydrogen) atoms. The average Bonchev–Trinajstić information content (AvgIpc) is 2.58. The molecule has 0 heterocycles. The Labute approximate surface area is 125 Å². The van der Waals surface area contributed by atoms with Crippen LogP contribution in [0.15, 0.2) is 11.6 Å². The number of rotatable bonds is 0. The number of hydrogen-bond acceptors (Lipinski definition) is 0. The average molecular weight is 272 g/mol. The van der Waals surface area contributed by atoms with E-state index >= 15 is 0 Å². The van der Waals surface area contributed by atoms with E-state index in [1.54, 1.807) is 5.57 Å². The minimum Gasteiger partial charge on any atom is -0.0788 e. The van der Waals surface area contributed by atoms with Crippen molar-refractivity contribution in [3.63, 3.8) is 0 Å². The molecule has 0 N–H and O–H groups in total. The van der Waals surface area contributed by atoms with Crippen LogP contribution in [0, 0.1) is 34.0 Å². The topological polar surface area (TPSA) is 0 Å². The van der Waals surface area contributed by atoms with Crippen molar-refractivity contribution in [2.75, 3.05) is 0 Å². The van der Waals surface area contributed by atoms with Crippen LogP contribution in [0.4, 0.5) is 0 Å². The molecule has 2 unspecified atom stereocenters. The van der Waals surface area contributed by atoms with Gasteiger partial charge >= 0.3 is 0 Å². The fourth-order valence-electron chi connectivity index (χ4n) is 7.53. The zero-order valence-corrected chi connectivity index (χ0v) is 14.0. The Morgan fingerprint density at radius 3 is 2.55 bits per heavy atom. The molecule has 0 saturated heterocycles. The zero-order valence-electron chi connectivity index (χ0n) is 14.0. The van der Waals surface area contributed by atoms with Gasteiger partial charge in [-0.15, -0.1) is 0 Å². The van der Waals surface area contributed by atoms with Crippen LogP contribution in [0.3, 0.4) is 0 Å². The zero-order chi connectivity index (χ0) is 14.2. The number of fused-ring (bicyclic) bond motifs is 3. The van der Waals surface area contributed by atoms with Crippen molar-refractivity contribution < 1.29 is 0 Å². The molecule has 4 rings (SSSR count). The lowest BCUT2D eigenvalue weighted by atomic mass is 9.41. The van der Waals surface area contributed by atoms with Crippen LogP contribution in [0.5, 0.6) is 0 Å².